The van der Waals surface area contributed by atoms with E-state index in [9.17, 15) is 19.6 Å². The van der Waals surface area contributed by atoms with Crippen LogP contribution >= 0.6 is 0 Å². The number of aromatic nitrogens is 3. The summed E-state index contributed by atoms with van der Waals surface area (Å²) in [7, 11) is 0. The average Bonchev–Trinajstić information content (AvgIpc) is 2.91. The Kier molecular flexibility index (Phi) is 8.76. The number of rotatable bonds is 9. The quantitative estimate of drug-likeness (QED) is 0.276. The molecule has 0 aliphatic carbocycles. The Balaban J connectivity index is 1.82. The number of ether oxygens (including phenoxy) is 1. The van der Waals surface area contributed by atoms with Gasteiger partial charge >= 0.3 is 0 Å². The molecule has 4 rings (SSSR count). The monoisotopic (exact) mass is 540 g/mol. The molecule has 206 valence electrons. The third kappa shape index (κ3) is 6.27. The van der Waals surface area contributed by atoms with Gasteiger partial charge in [0.1, 0.15) is 18.2 Å². The number of aromatic hydroxyl groups is 1. The van der Waals surface area contributed by atoms with Crippen LogP contribution < -0.4 is 5.56 Å². The van der Waals surface area contributed by atoms with Gasteiger partial charge in [-0.05, 0) is 67.6 Å². The van der Waals surface area contributed by atoms with Gasteiger partial charge in [-0.2, -0.15) is 10.2 Å². The summed E-state index contributed by atoms with van der Waals surface area (Å²) < 4.78 is 21.7. The molecule has 1 unspecified atom stereocenters. The topological polar surface area (TPSA) is 101 Å². The molecule has 0 saturated heterocycles. The van der Waals surface area contributed by atoms with Gasteiger partial charge in [-0.25, -0.2) is 4.39 Å². The molecule has 4 aromatic rings. The van der Waals surface area contributed by atoms with Crippen molar-refractivity contribution in [1.29, 1.82) is 5.26 Å². The Bertz CT molecular complexity index is 1600. The van der Waals surface area contributed by atoms with E-state index in [1.54, 1.807) is 12.3 Å². The molecule has 2 aromatic carbocycles. The van der Waals surface area contributed by atoms with Crippen molar-refractivity contribution in [3.63, 3.8) is 0 Å². The zero-order valence-corrected chi connectivity index (χ0v) is 23.4. The highest BCUT2D eigenvalue weighted by atomic mass is 19.1. The number of benzene rings is 2. The predicted octanol–water partition coefficient (Wildman–Crippen LogP) is 6.09. The first-order chi connectivity index (χ1) is 19.1. The molecule has 0 spiro atoms. The molecule has 0 fully saturated rings. The second-order valence-electron chi connectivity index (χ2n) is 10.4. The molecule has 0 bridgehead atoms. The van der Waals surface area contributed by atoms with E-state index < -0.39 is 17.4 Å². The molecule has 1 atom stereocenters. The fourth-order valence-electron chi connectivity index (χ4n) is 4.86. The first-order valence-corrected chi connectivity index (χ1v) is 13.2. The number of hydrogen-bond acceptors (Lipinski definition) is 6. The van der Waals surface area contributed by atoms with E-state index in [-0.39, 0.29) is 47.9 Å². The molecule has 40 heavy (non-hydrogen) atoms. The van der Waals surface area contributed by atoms with E-state index in [0.29, 0.717) is 5.56 Å². The van der Waals surface area contributed by atoms with E-state index in [4.69, 9.17) is 4.74 Å². The number of hydrogen-bond donors (Lipinski definition) is 1. The van der Waals surface area contributed by atoms with Gasteiger partial charge in [0.2, 0.25) is 5.88 Å². The zero-order valence-electron chi connectivity index (χ0n) is 23.4. The van der Waals surface area contributed by atoms with E-state index in [1.807, 2.05) is 77.1 Å². The number of nitrogens with zero attached hydrogens (tertiary/aromatic N) is 4. The number of pyridine rings is 1. The molecule has 0 saturated carbocycles. The van der Waals surface area contributed by atoms with Crippen LogP contribution in [0.2, 0.25) is 0 Å². The third-order valence-corrected chi connectivity index (χ3v) is 6.76. The summed E-state index contributed by atoms with van der Waals surface area (Å²) >= 11 is 0. The number of nitriles is 1. The molecule has 2 heterocycles. The van der Waals surface area contributed by atoms with Crippen LogP contribution in [0.5, 0.6) is 5.88 Å². The van der Waals surface area contributed by atoms with E-state index in [0.717, 1.165) is 28.5 Å². The van der Waals surface area contributed by atoms with Crippen LogP contribution in [0.25, 0.3) is 11.1 Å². The lowest BCUT2D eigenvalue weighted by Gasteiger charge is -2.28. The van der Waals surface area contributed by atoms with E-state index in [1.165, 1.54) is 10.6 Å². The van der Waals surface area contributed by atoms with Crippen molar-refractivity contribution in [2.24, 2.45) is 5.92 Å². The minimum atomic E-state index is -0.649. The van der Waals surface area contributed by atoms with Crippen LogP contribution in [-0.4, -0.2) is 25.7 Å². The van der Waals surface area contributed by atoms with Gasteiger partial charge in [0.05, 0.1) is 29.3 Å². The maximum absolute atomic E-state index is 14.5. The van der Waals surface area contributed by atoms with Crippen LogP contribution in [0, 0.1) is 30.0 Å². The minimum absolute atomic E-state index is 0.0243. The standard InChI is InChI=1S/C32H33FN4O3/c1-19(2)30(25-13-23(17-34)14-26(33)16-25)37-29(18-40-20(3)4)36-31(38)28(32(37)39)15-22-8-10-24(11-9-22)27-7-6-12-35-21(27)5/h6-14,16,19-20,30,38H,15,18H2,1-5H3. The summed E-state index contributed by atoms with van der Waals surface area (Å²) in [4.78, 5) is 22.8. The lowest BCUT2D eigenvalue weighted by molar-refractivity contribution is 0.0570. The Morgan fingerprint density at radius 3 is 2.45 bits per heavy atom. The molecular weight excluding hydrogens is 507 g/mol. The van der Waals surface area contributed by atoms with Gasteiger partial charge in [0.25, 0.3) is 5.56 Å². The molecule has 8 heteroatoms. The largest absolute Gasteiger partial charge is 0.493 e. The highest BCUT2D eigenvalue weighted by Crippen LogP contribution is 2.30. The highest BCUT2D eigenvalue weighted by Gasteiger charge is 2.27. The summed E-state index contributed by atoms with van der Waals surface area (Å²) in [5, 5.41) is 20.3. The van der Waals surface area contributed by atoms with Crippen molar-refractivity contribution < 1.29 is 14.2 Å². The minimum Gasteiger partial charge on any atom is -0.493 e. The second-order valence-corrected chi connectivity index (χ2v) is 10.4. The summed E-state index contributed by atoms with van der Waals surface area (Å²) in [6, 6.07) is 17.0. The van der Waals surface area contributed by atoms with Gasteiger partial charge in [-0.15, -0.1) is 0 Å². The van der Waals surface area contributed by atoms with Crippen molar-refractivity contribution in [3.8, 4) is 23.1 Å². The molecule has 0 aliphatic rings. The van der Waals surface area contributed by atoms with Crippen LogP contribution in [0.3, 0.4) is 0 Å². The maximum atomic E-state index is 14.5. The van der Waals surface area contributed by atoms with Gasteiger partial charge in [0.15, 0.2) is 0 Å². The Morgan fingerprint density at radius 2 is 1.82 bits per heavy atom. The van der Waals surface area contributed by atoms with Gasteiger partial charge in [-0.1, -0.05) is 44.2 Å². The Labute approximate surface area is 233 Å². The SMILES string of the molecule is Cc1ncccc1-c1ccc(Cc2c(O)nc(COC(C)C)n(C(c3cc(F)cc(C#N)c3)C(C)C)c2=O)cc1. The van der Waals surface area contributed by atoms with Crippen molar-refractivity contribution in [2.75, 3.05) is 0 Å². The van der Waals surface area contributed by atoms with Crippen LogP contribution in [0.1, 0.15) is 67.5 Å². The molecule has 2 aromatic heterocycles. The molecule has 0 aliphatic heterocycles. The van der Waals surface area contributed by atoms with Crippen LogP contribution in [-0.2, 0) is 17.8 Å². The third-order valence-electron chi connectivity index (χ3n) is 6.76. The van der Waals surface area contributed by atoms with Crippen molar-refractivity contribution in [2.45, 2.75) is 59.8 Å². The van der Waals surface area contributed by atoms with Crippen molar-refractivity contribution in [1.82, 2.24) is 14.5 Å². The van der Waals surface area contributed by atoms with Crippen molar-refractivity contribution >= 4 is 0 Å². The first kappa shape index (κ1) is 28.7. The van der Waals surface area contributed by atoms with E-state index in [2.05, 4.69) is 9.97 Å². The predicted molar refractivity (Wildman–Crippen MR) is 151 cm³/mol. The van der Waals surface area contributed by atoms with Gasteiger partial charge in [-0.3, -0.25) is 14.3 Å². The molecule has 0 amide bonds. The van der Waals surface area contributed by atoms with Crippen LogP contribution in [0.15, 0.2) is 65.6 Å². The normalized spacial score (nSPS) is 12.1. The maximum Gasteiger partial charge on any atom is 0.261 e. The van der Waals surface area contributed by atoms with Gasteiger partial charge in [0, 0.05) is 23.9 Å². The van der Waals surface area contributed by atoms with Crippen molar-refractivity contribution in [3.05, 3.63) is 111 Å². The molecule has 7 nitrogen and oxygen atoms in total. The summed E-state index contributed by atoms with van der Waals surface area (Å²) in [5.41, 5.74) is 4.05. The molecule has 1 N–H and O–H groups in total. The zero-order chi connectivity index (χ0) is 29.0. The lowest BCUT2D eigenvalue weighted by Crippen LogP contribution is -2.35. The molecule has 0 radical (unpaired) electrons. The molecular formula is C32H33FN4O3. The Morgan fingerprint density at radius 1 is 1.10 bits per heavy atom. The van der Waals surface area contributed by atoms with Crippen LogP contribution in [0.4, 0.5) is 4.39 Å². The lowest BCUT2D eigenvalue weighted by atomic mass is 9.93. The number of aryl methyl sites for hydroxylation is 1. The smallest absolute Gasteiger partial charge is 0.261 e. The average molecular weight is 541 g/mol. The first-order valence-electron chi connectivity index (χ1n) is 13.2. The summed E-state index contributed by atoms with van der Waals surface area (Å²) in [5.74, 6) is -0.882. The Hall–Kier alpha value is -4.35. The fraction of sp³-hybridized carbons (Fsp3) is 0.312. The second kappa shape index (κ2) is 12.2. The van der Waals surface area contributed by atoms with E-state index >= 15 is 0 Å². The highest BCUT2D eigenvalue weighted by molar-refractivity contribution is 5.65. The summed E-state index contributed by atoms with van der Waals surface area (Å²) in [6.07, 6.45) is 1.75. The summed E-state index contributed by atoms with van der Waals surface area (Å²) in [6.45, 7) is 9.46. The fourth-order valence-corrected chi connectivity index (χ4v) is 4.86. The van der Waals surface area contributed by atoms with Gasteiger partial charge < -0.3 is 9.84 Å². The number of halogens is 1.